The van der Waals surface area contributed by atoms with Crippen molar-refractivity contribution in [3.8, 4) is 0 Å². The van der Waals surface area contributed by atoms with Crippen molar-refractivity contribution in [1.82, 2.24) is 10.2 Å². The van der Waals surface area contributed by atoms with Gasteiger partial charge in [0.25, 0.3) is 0 Å². The van der Waals surface area contributed by atoms with Gasteiger partial charge >= 0.3 is 0 Å². The normalized spacial score (nSPS) is 30.0. The molecule has 1 aliphatic heterocycles. The van der Waals surface area contributed by atoms with Crippen molar-refractivity contribution < 1.29 is 0 Å². The van der Waals surface area contributed by atoms with Crippen molar-refractivity contribution in [2.24, 2.45) is 5.92 Å². The second-order valence-electron chi connectivity index (χ2n) is 4.09. The van der Waals surface area contributed by atoms with Gasteiger partial charge in [-0.15, -0.1) is 0 Å². The molecule has 0 radical (unpaired) electrons. The Hall–Kier alpha value is -0.0800. The van der Waals surface area contributed by atoms with Crippen LogP contribution in [-0.4, -0.2) is 38.1 Å². The van der Waals surface area contributed by atoms with Gasteiger partial charge < -0.3 is 10.2 Å². The van der Waals surface area contributed by atoms with Gasteiger partial charge in [0, 0.05) is 0 Å². The third-order valence-electron chi connectivity index (χ3n) is 2.71. The summed E-state index contributed by atoms with van der Waals surface area (Å²) in [5.74, 6) is 0.887. The Morgan fingerprint density at radius 3 is 2.83 bits per heavy atom. The molecular weight excluding hydrogens is 148 g/mol. The molecule has 1 aliphatic rings. The summed E-state index contributed by atoms with van der Waals surface area (Å²) in [6, 6.07) is 0. The highest BCUT2D eigenvalue weighted by Crippen LogP contribution is 2.08. The second kappa shape index (κ2) is 5.55. The molecule has 12 heavy (non-hydrogen) atoms. The van der Waals surface area contributed by atoms with Crippen LogP contribution in [0.1, 0.15) is 26.2 Å². The molecule has 0 bridgehead atoms. The van der Waals surface area contributed by atoms with E-state index in [-0.39, 0.29) is 0 Å². The van der Waals surface area contributed by atoms with Crippen LogP contribution in [0, 0.1) is 5.92 Å². The predicted octanol–water partition coefficient (Wildman–Crippen LogP) is 1.33. The maximum absolute atomic E-state index is 3.48. The molecule has 0 amide bonds. The second-order valence-corrected chi connectivity index (χ2v) is 4.09. The average molecular weight is 170 g/mol. The third kappa shape index (κ3) is 4.07. The molecule has 0 spiro atoms. The van der Waals surface area contributed by atoms with E-state index in [1.54, 1.807) is 0 Å². The first-order valence-corrected chi connectivity index (χ1v) is 5.18. The van der Waals surface area contributed by atoms with Gasteiger partial charge in [-0.05, 0) is 58.4 Å². The highest BCUT2D eigenvalue weighted by molar-refractivity contribution is 4.62. The Labute approximate surface area is 76.3 Å². The van der Waals surface area contributed by atoms with Gasteiger partial charge in [0.05, 0.1) is 0 Å². The molecule has 1 unspecified atom stereocenters. The third-order valence-corrected chi connectivity index (χ3v) is 2.71. The van der Waals surface area contributed by atoms with Crippen LogP contribution in [0.5, 0.6) is 0 Å². The number of nitrogens with one attached hydrogen (secondary N) is 1. The lowest BCUT2D eigenvalue weighted by atomic mass is 10.0. The average Bonchev–Trinajstić information content (AvgIpc) is 2.07. The van der Waals surface area contributed by atoms with Crippen LogP contribution in [0.25, 0.3) is 0 Å². The maximum atomic E-state index is 3.48. The summed E-state index contributed by atoms with van der Waals surface area (Å²) >= 11 is 0. The Kier molecular flexibility index (Phi) is 4.62. The minimum Gasteiger partial charge on any atom is -0.317 e. The molecular formula is C10H22N2. The van der Waals surface area contributed by atoms with E-state index >= 15 is 0 Å². The molecule has 1 saturated heterocycles. The number of hydrogen-bond donors (Lipinski definition) is 1. The molecule has 1 rings (SSSR count). The first-order chi connectivity index (χ1) is 5.79. The molecule has 0 aromatic carbocycles. The Morgan fingerprint density at radius 2 is 2.00 bits per heavy atom. The monoisotopic (exact) mass is 170 g/mol. The van der Waals surface area contributed by atoms with Crippen LogP contribution >= 0.6 is 0 Å². The van der Waals surface area contributed by atoms with E-state index in [0.717, 1.165) is 5.92 Å². The highest BCUT2D eigenvalue weighted by atomic mass is 15.1. The lowest BCUT2D eigenvalue weighted by molar-refractivity contribution is 0.285. The summed E-state index contributed by atoms with van der Waals surface area (Å²) in [5, 5.41) is 3.48. The molecule has 0 aliphatic carbocycles. The van der Waals surface area contributed by atoms with E-state index < -0.39 is 0 Å². The standard InChI is InChI=1S/C10H22N2/c1-10-4-7-11-6-3-8-12(2)9-5-10/h10-11H,3-9H2,1-2H3. The fourth-order valence-electron chi connectivity index (χ4n) is 1.64. The van der Waals surface area contributed by atoms with E-state index in [1.165, 1.54) is 45.4 Å². The van der Waals surface area contributed by atoms with E-state index in [4.69, 9.17) is 0 Å². The zero-order chi connectivity index (χ0) is 8.81. The van der Waals surface area contributed by atoms with Crippen molar-refractivity contribution in [2.75, 3.05) is 33.2 Å². The summed E-state index contributed by atoms with van der Waals surface area (Å²) < 4.78 is 0. The summed E-state index contributed by atoms with van der Waals surface area (Å²) in [6.45, 7) is 7.29. The van der Waals surface area contributed by atoms with Crippen molar-refractivity contribution in [3.63, 3.8) is 0 Å². The molecule has 0 aromatic heterocycles. The molecule has 2 nitrogen and oxygen atoms in total. The van der Waals surface area contributed by atoms with Gasteiger partial charge in [-0.1, -0.05) is 6.92 Å². The summed E-state index contributed by atoms with van der Waals surface area (Å²) in [5.41, 5.74) is 0. The summed E-state index contributed by atoms with van der Waals surface area (Å²) in [7, 11) is 2.23. The lowest BCUT2D eigenvalue weighted by Crippen LogP contribution is -2.29. The fraction of sp³-hybridized carbons (Fsp3) is 1.00. The van der Waals surface area contributed by atoms with E-state index in [1.807, 2.05) is 0 Å². The quantitative estimate of drug-likeness (QED) is 0.590. The largest absolute Gasteiger partial charge is 0.317 e. The van der Waals surface area contributed by atoms with Crippen LogP contribution in [0.4, 0.5) is 0 Å². The van der Waals surface area contributed by atoms with Crippen LogP contribution in [0.2, 0.25) is 0 Å². The van der Waals surface area contributed by atoms with E-state index in [2.05, 4.69) is 24.2 Å². The van der Waals surface area contributed by atoms with Gasteiger partial charge in [0.15, 0.2) is 0 Å². The first-order valence-electron chi connectivity index (χ1n) is 5.18. The Bertz CT molecular complexity index is 100. The minimum atomic E-state index is 0.887. The molecule has 0 aromatic rings. The molecule has 1 N–H and O–H groups in total. The number of hydrogen-bond acceptors (Lipinski definition) is 2. The van der Waals surface area contributed by atoms with E-state index in [0.29, 0.717) is 0 Å². The SMILES string of the molecule is CC1CCNCCCN(C)CC1. The minimum absolute atomic E-state index is 0.887. The van der Waals surface area contributed by atoms with Gasteiger partial charge in [-0.3, -0.25) is 0 Å². The molecule has 1 heterocycles. The summed E-state index contributed by atoms with van der Waals surface area (Å²) in [4.78, 5) is 2.45. The van der Waals surface area contributed by atoms with Gasteiger partial charge in [-0.2, -0.15) is 0 Å². The molecule has 1 fully saturated rings. The zero-order valence-electron chi connectivity index (χ0n) is 8.47. The van der Waals surface area contributed by atoms with E-state index in [9.17, 15) is 0 Å². The smallest absolute Gasteiger partial charge is 0.000969 e. The molecule has 72 valence electrons. The van der Waals surface area contributed by atoms with Crippen molar-refractivity contribution in [1.29, 1.82) is 0 Å². The molecule has 2 heteroatoms. The van der Waals surface area contributed by atoms with Gasteiger partial charge in [0.2, 0.25) is 0 Å². The van der Waals surface area contributed by atoms with Crippen LogP contribution < -0.4 is 5.32 Å². The zero-order valence-corrected chi connectivity index (χ0v) is 8.47. The molecule has 1 atom stereocenters. The van der Waals surface area contributed by atoms with Crippen LogP contribution in [0.15, 0.2) is 0 Å². The maximum Gasteiger partial charge on any atom is -0.000969 e. The number of nitrogens with zero attached hydrogens (tertiary/aromatic N) is 1. The Morgan fingerprint density at radius 1 is 1.17 bits per heavy atom. The highest BCUT2D eigenvalue weighted by Gasteiger charge is 2.06. The first kappa shape index (κ1) is 10.0. The van der Waals surface area contributed by atoms with Crippen LogP contribution in [0.3, 0.4) is 0 Å². The van der Waals surface area contributed by atoms with Crippen molar-refractivity contribution in [2.45, 2.75) is 26.2 Å². The summed E-state index contributed by atoms with van der Waals surface area (Å²) in [6.07, 6.45) is 4.00. The molecule has 0 saturated carbocycles. The predicted molar refractivity (Wildman–Crippen MR) is 53.4 cm³/mol. The topological polar surface area (TPSA) is 15.3 Å². The fourth-order valence-corrected chi connectivity index (χ4v) is 1.64. The number of rotatable bonds is 0. The van der Waals surface area contributed by atoms with Crippen molar-refractivity contribution in [3.05, 3.63) is 0 Å². The van der Waals surface area contributed by atoms with Gasteiger partial charge in [0.1, 0.15) is 0 Å². The van der Waals surface area contributed by atoms with Crippen LogP contribution in [-0.2, 0) is 0 Å². The van der Waals surface area contributed by atoms with Crippen molar-refractivity contribution >= 4 is 0 Å². The Balaban J connectivity index is 2.23. The lowest BCUT2D eigenvalue weighted by Gasteiger charge is -2.21. The van der Waals surface area contributed by atoms with Gasteiger partial charge in [-0.25, -0.2) is 0 Å².